The third kappa shape index (κ3) is 20.1. The van der Waals surface area contributed by atoms with Crippen LogP contribution in [0.25, 0.3) is 21.8 Å². The summed E-state index contributed by atoms with van der Waals surface area (Å²) < 4.78 is 68.1. The fourth-order valence-corrected chi connectivity index (χ4v) is 15.1. The molecule has 7 heterocycles. The quantitative estimate of drug-likeness (QED) is 0.0268. The fraction of sp³-hybridized carbons (Fsp3) is 0.270. The first-order valence-corrected chi connectivity index (χ1v) is 40.0. The van der Waals surface area contributed by atoms with Crippen LogP contribution in [0.4, 0.5) is 51.6 Å². The minimum atomic E-state index is -1.38. The molecule has 2 aliphatic heterocycles. The Labute approximate surface area is 739 Å². The number of fused-ring (bicyclic) bond motifs is 5. The molecule has 40 nitrogen and oxygen atoms in total. The summed E-state index contributed by atoms with van der Waals surface area (Å²) in [5.74, 6) is -5.46. The predicted octanol–water partition coefficient (Wildman–Crippen LogP) is 11.7. The number of allylic oxidation sites excluding steroid dienone is 6. The van der Waals surface area contributed by atoms with Crippen molar-refractivity contribution >= 4 is 115 Å². The van der Waals surface area contributed by atoms with Gasteiger partial charge in [-0.05, 0) is 121 Å². The molecule has 0 unspecified atom stereocenters. The van der Waals surface area contributed by atoms with Crippen molar-refractivity contribution in [3.63, 3.8) is 0 Å². The zero-order valence-corrected chi connectivity index (χ0v) is 72.0. The lowest BCUT2D eigenvalue weighted by molar-refractivity contribution is -0.385. The smallest absolute Gasteiger partial charge is 0.492 e. The average molecular weight is 1810 g/mol. The van der Waals surface area contributed by atoms with Gasteiger partial charge in [0.05, 0.1) is 67.6 Å². The SMILES string of the molecule is CC1=CC(=O)c2c(c(CO)c(C)n2C)C1=O.CC1=CC(=O)c2c(c(COC(=O)Oc3ccc([N+](=O)[O-])cc3)c(C)n2C)C1=O.CCn1cc(C(=O)O)c(=O)c2cc(F)c(N3CCN(C(=O)OCc4c5c(n(C)c4C)C(=O)C=C(OC)C5=O)CC3)cc21.CCn1cc(C(=O)O)c(=O)c2cc(F)c(N3CCNCC3)cc21.O=C(Oc1ccc([N+](=O)[O-])cc1)Oc1ccc([N+](=O)[O-])cc1. The zero-order chi connectivity index (χ0) is 95.7. The van der Waals surface area contributed by atoms with Gasteiger partial charge in [0.25, 0.3) is 17.1 Å². The Bertz CT molecular complexity index is 6590. The molecule has 2 fully saturated rings. The molecule has 4 N–H and O–H groups in total. The number of nitro groups is 3. The number of piperazine rings is 2. The number of carboxylic acids is 2. The van der Waals surface area contributed by atoms with E-state index in [1.54, 1.807) is 96.5 Å². The lowest BCUT2D eigenvalue weighted by atomic mass is 9.92. The lowest BCUT2D eigenvalue weighted by Gasteiger charge is -2.35. The highest BCUT2D eigenvalue weighted by Gasteiger charge is 2.38. The zero-order valence-electron chi connectivity index (χ0n) is 72.0. The van der Waals surface area contributed by atoms with Crippen molar-refractivity contribution in [3.8, 4) is 17.2 Å². The van der Waals surface area contributed by atoms with Crippen molar-refractivity contribution in [2.75, 3.05) is 69.3 Å². The number of hydrogen-bond acceptors (Lipinski definition) is 29. The van der Waals surface area contributed by atoms with Crippen molar-refractivity contribution < 1.29 is 120 Å². The van der Waals surface area contributed by atoms with Crippen molar-refractivity contribution in [1.29, 1.82) is 0 Å². The van der Waals surface area contributed by atoms with Crippen LogP contribution in [0.15, 0.2) is 154 Å². The summed E-state index contributed by atoms with van der Waals surface area (Å²) in [5.41, 5.74) is 4.81. The van der Waals surface area contributed by atoms with E-state index in [-0.39, 0.29) is 160 Å². The summed E-state index contributed by atoms with van der Waals surface area (Å²) >= 11 is 0. The second-order valence-corrected chi connectivity index (χ2v) is 29.8. The predicted molar refractivity (Wildman–Crippen MR) is 462 cm³/mol. The Morgan fingerprint density at radius 2 is 0.824 bits per heavy atom. The van der Waals surface area contributed by atoms with Gasteiger partial charge in [-0.15, -0.1) is 0 Å². The first-order chi connectivity index (χ1) is 62.1. The maximum absolute atomic E-state index is 15.2. The number of carbonyl (C=O) groups is 11. The standard InChI is InChI=1S/C29H29FN4O8.C19H16N2O7.C16H18FN3O3.C13H8N2O7.C12H13NO3/c1-5-32-13-17(28(38)39)26(36)16-10-19(30)21(11-20(16)32)33-6-8-34(9-7-33)29(40)42-14-18-15(2)31(3)25-22(35)12-23(41-4)27(37)24(18)25;1-10-8-15(22)17-16(18(10)23)14(11(2)20(17)3)9-27-19(24)28-13-6-4-12(5-7-13)21(25)26;1-2-19-9-11(16(22)23)15(21)10-7-12(17)14(8-13(10)19)20-5-3-18-4-6-20;16-13(21-11-5-1-9(2-6-11)14(17)18)22-12-7-3-10(4-8-12)15(19)20;1-6-4-9(15)11-10(12(6)16)8(5-14)7(2)13(11)3/h10-13H,5-9,14H2,1-4H3,(H,38,39);4-8H,9H2,1-3H3;7-9,18H,2-6H2,1H3,(H,22,23);1-8H;4,14H,5H2,1-3H3. The number of Topliss-reactive ketones (excluding diaryl/α,β-unsaturated/α-hetero) is 3. The van der Waals surface area contributed by atoms with Crippen LogP contribution in [0.2, 0.25) is 0 Å². The number of carbonyl (C=O) groups excluding carboxylic acids is 9. The molecule has 0 bridgehead atoms. The maximum Gasteiger partial charge on any atom is 0.519 e. The number of anilines is 2. The number of methoxy groups -OCH3 is 1. The molecule has 10 aromatic rings. The molecule has 131 heavy (non-hydrogen) atoms. The number of halogens is 2. The largest absolute Gasteiger partial charge is 0.519 e. The third-order valence-corrected chi connectivity index (χ3v) is 22.3. The minimum absolute atomic E-state index is 0.0214. The molecule has 682 valence electrons. The van der Waals surface area contributed by atoms with E-state index < -0.39 is 79.0 Å². The Morgan fingerprint density at radius 3 is 1.19 bits per heavy atom. The highest BCUT2D eigenvalue weighted by molar-refractivity contribution is 6.26. The van der Waals surface area contributed by atoms with Gasteiger partial charge in [-0.2, -0.15) is 0 Å². The molecular formula is C89H84F2N12O28. The van der Waals surface area contributed by atoms with Crippen LogP contribution in [0.3, 0.4) is 0 Å². The molecule has 0 atom stereocenters. The minimum Gasteiger partial charge on any atom is -0.492 e. The number of ketones is 6. The van der Waals surface area contributed by atoms with Gasteiger partial charge in [0.15, 0.2) is 17.3 Å². The normalized spacial score (nSPS) is 13.8. The number of rotatable bonds is 18. The number of aliphatic hydroxyl groups is 1. The second kappa shape index (κ2) is 40.1. The molecular weight excluding hydrogens is 1720 g/mol. The number of ether oxygens (including phenoxy) is 6. The average Bonchev–Trinajstić information content (AvgIpc) is 1.71. The van der Waals surface area contributed by atoms with E-state index in [1.807, 2.05) is 11.8 Å². The van der Waals surface area contributed by atoms with Gasteiger partial charge in [-0.3, -0.25) is 68.7 Å². The topological polar surface area (TPSA) is 514 Å². The number of non-ortho nitro benzene ring substituents is 3. The number of nitrogens with zero attached hydrogens (tertiary/aromatic N) is 11. The monoisotopic (exact) mass is 1810 g/mol. The van der Waals surface area contributed by atoms with E-state index in [4.69, 9.17) is 33.5 Å². The van der Waals surface area contributed by atoms with Crippen LogP contribution in [-0.2, 0) is 68.3 Å². The Morgan fingerprint density at radius 1 is 0.473 bits per heavy atom. The molecule has 3 aliphatic carbocycles. The van der Waals surface area contributed by atoms with Gasteiger partial charge >= 0.3 is 30.3 Å². The number of amides is 1. The van der Waals surface area contributed by atoms with E-state index in [2.05, 4.69) is 5.32 Å². The number of aromatic carboxylic acids is 2. The molecule has 0 saturated carbocycles. The molecule has 2 saturated heterocycles. The number of benzene rings is 5. The molecule has 5 aromatic carbocycles. The van der Waals surface area contributed by atoms with Gasteiger partial charge < -0.3 is 86.6 Å². The lowest BCUT2D eigenvalue weighted by Crippen LogP contribution is -2.49. The van der Waals surface area contributed by atoms with Crippen LogP contribution in [0.5, 0.6) is 17.2 Å². The summed E-state index contributed by atoms with van der Waals surface area (Å²) in [6.45, 7) is 16.1. The second-order valence-electron chi connectivity index (χ2n) is 29.8. The van der Waals surface area contributed by atoms with Crippen LogP contribution in [0.1, 0.15) is 145 Å². The Balaban J connectivity index is 0.000000164. The fourth-order valence-electron chi connectivity index (χ4n) is 15.1. The third-order valence-electron chi connectivity index (χ3n) is 22.3. The molecule has 0 spiro atoms. The van der Waals surface area contributed by atoms with Crippen molar-refractivity contribution in [2.24, 2.45) is 21.1 Å². The van der Waals surface area contributed by atoms with E-state index in [9.17, 15) is 107 Å². The van der Waals surface area contributed by atoms with Crippen LogP contribution < -0.4 is 40.2 Å². The number of nitro benzene ring substituents is 3. The van der Waals surface area contributed by atoms with E-state index in [1.165, 1.54) is 115 Å². The van der Waals surface area contributed by atoms with Crippen LogP contribution in [-0.4, -0.2) is 182 Å². The summed E-state index contributed by atoms with van der Waals surface area (Å²) in [5, 5.41) is 62.7. The summed E-state index contributed by atoms with van der Waals surface area (Å²) in [7, 11) is 6.35. The first kappa shape index (κ1) is 95.4. The van der Waals surface area contributed by atoms with E-state index in [0.717, 1.165) is 37.0 Å². The van der Waals surface area contributed by atoms with Crippen molar-refractivity contribution in [2.45, 2.75) is 81.4 Å². The van der Waals surface area contributed by atoms with Gasteiger partial charge in [0.1, 0.15) is 70.3 Å². The van der Waals surface area contributed by atoms with Crippen molar-refractivity contribution in [1.82, 2.24) is 33.1 Å². The van der Waals surface area contributed by atoms with Crippen molar-refractivity contribution in [3.05, 3.63) is 286 Å². The molecule has 15 rings (SSSR count). The first-order valence-electron chi connectivity index (χ1n) is 40.0. The van der Waals surface area contributed by atoms with E-state index >= 15 is 4.39 Å². The molecule has 1 amide bonds. The number of carboxylic acid groups (broad SMARTS) is 2. The molecule has 5 aromatic heterocycles. The van der Waals surface area contributed by atoms with Gasteiger partial charge in [0.2, 0.25) is 34.0 Å². The molecule has 42 heteroatoms. The summed E-state index contributed by atoms with van der Waals surface area (Å²) in [4.78, 5) is 193. The number of pyridine rings is 2. The summed E-state index contributed by atoms with van der Waals surface area (Å²) in [6, 6.07) is 20.0. The maximum atomic E-state index is 15.2. The number of aliphatic hydroxyl groups excluding tert-OH is 1. The van der Waals surface area contributed by atoms with Crippen LogP contribution >= 0.6 is 0 Å². The molecule has 0 radical (unpaired) electrons. The highest BCUT2D eigenvalue weighted by Crippen LogP contribution is 2.36. The number of aromatic nitrogens is 5. The van der Waals surface area contributed by atoms with Gasteiger partial charge in [-0.25, -0.2) is 32.8 Å². The van der Waals surface area contributed by atoms with Gasteiger partial charge in [0, 0.05) is 197 Å². The van der Waals surface area contributed by atoms with Crippen LogP contribution in [0, 0.1) is 62.7 Å². The summed E-state index contributed by atoms with van der Waals surface area (Å²) in [6.07, 6.45) is 3.64. The molecule has 5 aliphatic rings. The Hall–Kier alpha value is -16.3. The highest BCUT2D eigenvalue weighted by atomic mass is 19.1. The number of aryl methyl sites for hydroxylation is 2. The Kier molecular flexibility index (Phi) is 29.2. The van der Waals surface area contributed by atoms with E-state index in [0.29, 0.717) is 93.4 Å². The number of hydrogen-bond donors (Lipinski definition) is 4. The number of nitrogens with one attached hydrogen (secondary N) is 1. The van der Waals surface area contributed by atoms with Gasteiger partial charge in [-0.1, -0.05) is 0 Å².